The molecule has 0 aliphatic carbocycles. The van der Waals surface area contributed by atoms with Gasteiger partial charge < -0.3 is 17.5 Å². The molecule has 0 aromatic carbocycles. The van der Waals surface area contributed by atoms with E-state index in [-0.39, 0.29) is 51.7 Å². The Morgan fingerprint density at radius 2 is 1.29 bits per heavy atom. The molecule has 4 nitrogen and oxygen atoms in total. The van der Waals surface area contributed by atoms with Gasteiger partial charge >= 0.3 is 56.7 Å². The summed E-state index contributed by atoms with van der Waals surface area (Å²) in [5.74, 6) is 0. The van der Waals surface area contributed by atoms with E-state index < -0.39 is 7.82 Å². The first-order chi connectivity index (χ1) is 2.00. The minimum Gasteiger partial charge on any atom is 2.00 e. The Hall–Kier alpha value is 1.75. The second-order valence-corrected chi connectivity index (χ2v) is 1.54. The molecular weight excluding hydrogens is 234 g/mol. The van der Waals surface area contributed by atoms with Crippen molar-refractivity contribution >= 4 is 56.7 Å². The molecule has 0 bridgehead atoms. The molecule has 7 heteroatoms. The largest absolute Gasteiger partial charge is 2.00 e. The van der Waals surface area contributed by atoms with E-state index in [1.807, 2.05) is 0 Å². The Bertz CT molecular complexity index is 64.7. The minimum atomic E-state index is -4.64. The third-order valence-corrected chi connectivity index (χ3v) is 0. The number of phosphoric acid groups is 1. The van der Waals surface area contributed by atoms with Crippen LogP contribution in [0.2, 0.25) is 0 Å². The monoisotopic (exact) mass is 242 g/mol. The Balaban J connectivity index is -0.0000000133. The summed E-state index contributed by atoms with van der Waals surface area (Å²) in [4.78, 5) is 21.6. The van der Waals surface area contributed by atoms with Crippen molar-refractivity contribution in [1.82, 2.24) is 0 Å². The van der Waals surface area contributed by atoms with Crippen LogP contribution < -0.4 is 0 Å². The Labute approximate surface area is 78.5 Å². The van der Waals surface area contributed by atoms with Crippen LogP contribution in [0.3, 0.4) is 0 Å². The maximum atomic E-state index is 8.88. The molecule has 0 rings (SSSR count). The van der Waals surface area contributed by atoms with Gasteiger partial charge in [0.2, 0.25) is 0 Å². The fourth-order valence-electron chi connectivity index (χ4n) is 0. The smallest absolute Gasteiger partial charge is 2.00 e. The second kappa shape index (κ2) is 5.88. The molecule has 42 valence electrons. The van der Waals surface area contributed by atoms with Gasteiger partial charge in [-0.3, -0.25) is 0 Å². The molecule has 0 aromatic heterocycles. The summed E-state index contributed by atoms with van der Waals surface area (Å²) >= 11 is 0. The Kier molecular flexibility index (Phi) is 13.3. The topological polar surface area (TPSA) is 77.8 Å². The summed E-state index contributed by atoms with van der Waals surface area (Å²) < 4.78 is 8.88. The van der Waals surface area contributed by atoms with E-state index >= 15 is 0 Å². The van der Waals surface area contributed by atoms with E-state index in [2.05, 4.69) is 0 Å². The van der Waals surface area contributed by atoms with E-state index in [4.69, 9.17) is 19.2 Å². The van der Waals surface area contributed by atoms with Crippen molar-refractivity contribution < 1.29 is 22.1 Å². The maximum Gasteiger partial charge on any atom is 2.00 e. The number of hydrogen-bond acceptors (Lipinski definition) is 1. The molecular formula is H8InMgO4P. The van der Waals surface area contributed by atoms with E-state index in [9.17, 15) is 0 Å². The van der Waals surface area contributed by atoms with Crippen molar-refractivity contribution in [2.45, 2.75) is 0 Å². The fraction of sp³-hybridized carbons (Fsp3) is 0. The molecule has 3 N–H and O–H groups in total. The first-order valence-corrected chi connectivity index (χ1v) is 2.35. The van der Waals surface area contributed by atoms with Gasteiger partial charge in [-0.05, 0) is 0 Å². The Morgan fingerprint density at radius 1 is 1.29 bits per heavy atom. The molecule has 0 radical (unpaired) electrons. The summed E-state index contributed by atoms with van der Waals surface area (Å²) in [6, 6.07) is 0. The van der Waals surface area contributed by atoms with E-state index in [1.54, 1.807) is 0 Å². The van der Waals surface area contributed by atoms with E-state index in [0.717, 1.165) is 0 Å². The minimum absolute atomic E-state index is 0. The van der Waals surface area contributed by atoms with Crippen LogP contribution in [0.1, 0.15) is 2.85 Å². The summed E-state index contributed by atoms with van der Waals surface area (Å²) in [6.07, 6.45) is 0. The third-order valence-electron chi connectivity index (χ3n) is 0. The van der Waals surface area contributed by atoms with Crippen molar-refractivity contribution in [2.75, 3.05) is 0 Å². The summed E-state index contributed by atoms with van der Waals surface area (Å²) in [5, 5.41) is 0. The summed E-state index contributed by atoms with van der Waals surface area (Å²) in [5.41, 5.74) is 0. The fourth-order valence-corrected chi connectivity index (χ4v) is 0. The predicted octanol–water partition coefficient (Wildman–Crippen LogP) is -2.27. The molecule has 0 unspecified atom stereocenters. The molecule has 0 heterocycles. The van der Waals surface area contributed by atoms with Gasteiger partial charge in [-0.25, -0.2) is 4.57 Å². The normalized spacial score (nSPS) is 8.43. The SMILES string of the molecule is O=P(O)(O)O.[H-].[H-].[InH3].[Mg+2]. The molecule has 7 heavy (non-hydrogen) atoms. The van der Waals surface area contributed by atoms with Crippen molar-refractivity contribution in [3.63, 3.8) is 0 Å². The molecule has 0 aromatic rings. The molecule has 0 saturated heterocycles. The van der Waals surface area contributed by atoms with Crippen LogP contribution >= 0.6 is 7.82 Å². The van der Waals surface area contributed by atoms with Crippen molar-refractivity contribution in [3.8, 4) is 0 Å². The molecule has 0 amide bonds. The van der Waals surface area contributed by atoms with Crippen LogP contribution in [0.25, 0.3) is 0 Å². The average Bonchev–Trinajstić information content (AvgIpc) is 0.722. The molecule has 0 aliphatic heterocycles. The number of hydrogen-bond donors (Lipinski definition) is 3. The predicted molar refractivity (Wildman–Crippen MR) is 32.2 cm³/mol. The average molecular weight is 242 g/mol. The van der Waals surface area contributed by atoms with Gasteiger partial charge in [0.15, 0.2) is 0 Å². The van der Waals surface area contributed by atoms with Crippen LogP contribution in [-0.2, 0) is 4.57 Å². The van der Waals surface area contributed by atoms with Gasteiger partial charge in [0.1, 0.15) is 0 Å². The molecule has 0 spiro atoms. The van der Waals surface area contributed by atoms with Crippen LogP contribution in [-0.4, -0.2) is 63.6 Å². The maximum absolute atomic E-state index is 8.88. The van der Waals surface area contributed by atoms with Crippen molar-refractivity contribution in [3.05, 3.63) is 0 Å². The zero-order chi connectivity index (χ0) is 4.50. The van der Waals surface area contributed by atoms with Gasteiger partial charge in [-0.2, -0.15) is 0 Å². The zero-order valence-electron chi connectivity index (χ0n) is 4.90. The molecule has 0 fully saturated rings. The van der Waals surface area contributed by atoms with Gasteiger partial charge in [0.05, 0.1) is 0 Å². The standard InChI is InChI=1S/In.Mg.H3O4P.5H/c;;1-5(2,3)4;;;;;/h;;(H3,1,2,3,4);;;;;/q;+2;;;;;2*-1. The van der Waals surface area contributed by atoms with E-state index in [0.29, 0.717) is 0 Å². The van der Waals surface area contributed by atoms with Gasteiger partial charge in [0, 0.05) is 0 Å². The summed E-state index contributed by atoms with van der Waals surface area (Å²) in [6.45, 7) is 0. The van der Waals surface area contributed by atoms with Gasteiger partial charge in [-0.15, -0.1) is 0 Å². The molecule has 0 aliphatic rings. The van der Waals surface area contributed by atoms with Crippen molar-refractivity contribution in [2.24, 2.45) is 0 Å². The summed E-state index contributed by atoms with van der Waals surface area (Å²) in [7, 11) is -4.64. The Morgan fingerprint density at radius 3 is 1.29 bits per heavy atom. The van der Waals surface area contributed by atoms with Crippen LogP contribution in [0.4, 0.5) is 0 Å². The number of rotatable bonds is 0. The van der Waals surface area contributed by atoms with Gasteiger partial charge in [-0.1, -0.05) is 0 Å². The van der Waals surface area contributed by atoms with Crippen LogP contribution in [0.15, 0.2) is 0 Å². The second-order valence-electron chi connectivity index (χ2n) is 0.513. The van der Waals surface area contributed by atoms with E-state index in [1.165, 1.54) is 0 Å². The van der Waals surface area contributed by atoms with Crippen LogP contribution in [0, 0.1) is 0 Å². The van der Waals surface area contributed by atoms with Crippen LogP contribution in [0.5, 0.6) is 0 Å². The molecule has 0 saturated carbocycles. The van der Waals surface area contributed by atoms with Gasteiger partial charge in [0.25, 0.3) is 0 Å². The first-order valence-electron chi connectivity index (χ1n) is 0.783. The quantitative estimate of drug-likeness (QED) is 0.331. The first kappa shape index (κ1) is 15.9. The van der Waals surface area contributed by atoms with Crippen molar-refractivity contribution in [1.29, 1.82) is 0 Å². The third kappa shape index (κ3) is 83.9. The zero-order valence-corrected chi connectivity index (χ0v) is 5.21. The molecule has 0 atom stereocenters.